The zero-order valence-corrected chi connectivity index (χ0v) is 16.4. The fourth-order valence-electron chi connectivity index (χ4n) is 4.29. The predicted molar refractivity (Wildman–Crippen MR) is 108 cm³/mol. The van der Waals surface area contributed by atoms with E-state index in [1.165, 1.54) is 5.57 Å². The number of carbonyl (C=O) groups excluding carboxylic acids is 1. The molecule has 28 heavy (non-hydrogen) atoms. The quantitative estimate of drug-likeness (QED) is 0.771. The van der Waals surface area contributed by atoms with Gasteiger partial charge in [-0.3, -0.25) is 4.90 Å². The summed E-state index contributed by atoms with van der Waals surface area (Å²) in [7, 11) is 1.63. The van der Waals surface area contributed by atoms with Crippen LogP contribution >= 0.6 is 0 Å². The summed E-state index contributed by atoms with van der Waals surface area (Å²) >= 11 is 0. The minimum atomic E-state index is -0.210. The highest BCUT2D eigenvalue weighted by atomic mass is 16.6. The van der Waals surface area contributed by atoms with Crippen LogP contribution < -0.4 is 4.74 Å². The molecule has 2 unspecified atom stereocenters. The Labute approximate surface area is 166 Å². The largest absolute Gasteiger partial charge is 0.481 e. The molecule has 1 saturated heterocycles. The van der Waals surface area contributed by atoms with Gasteiger partial charge < -0.3 is 9.47 Å². The Morgan fingerprint density at radius 1 is 1.25 bits per heavy atom. The molecule has 0 radical (unpaired) electrons. The number of fused-ring (bicyclic) bond motifs is 2. The van der Waals surface area contributed by atoms with Gasteiger partial charge in [0.05, 0.1) is 13.2 Å². The summed E-state index contributed by atoms with van der Waals surface area (Å²) in [5.74, 6) is 0.629. The molecular weight excluding hydrogens is 352 g/mol. The highest BCUT2D eigenvalue weighted by molar-refractivity contribution is 5.75. The van der Waals surface area contributed by atoms with Gasteiger partial charge in [0.1, 0.15) is 6.61 Å². The van der Waals surface area contributed by atoms with Crippen LogP contribution in [0.25, 0.3) is 5.57 Å². The van der Waals surface area contributed by atoms with Crippen LogP contribution in [0.4, 0.5) is 4.79 Å². The summed E-state index contributed by atoms with van der Waals surface area (Å²) in [5.41, 5.74) is 4.58. The lowest BCUT2D eigenvalue weighted by Gasteiger charge is -2.44. The standard InChI is InChI=1S/C23H26N2O3/c1-16-11-22(27-2)24-14-21(16)18-12-19-9-6-10-20(13-18)25(19)23(26)28-15-17-7-4-3-5-8-17/h3-5,7-8,11-12,14,19-20H,6,9-10,13,15H2,1-2H3. The van der Waals surface area contributed by atoms with Gasteiger partial charge in [-0.25, -0.2) is 9.78 Å². The number of carbonyl (C=O) groups is 1. The molecule has 2 aliphatic heterocycles. The molecule has 0 aliphatic carbocycles. The zero-order valence-electron chi connectivity index (χ0n) is 16.4. The number of rotatable bonds is 4. The Morgan fingerprint density at radius 2 is 2.07 bits per heavy atom. The number of piperidine rings is 1. The third kappa shape index (κ3) is 3.75. The zero-order chi connectivity index (χ0) is 19.5. The van der Waals surface area contributed by atoms with E-state index in [0.717, 1.165) is 42.4 Å². The smallest absolute Gasteiger partial charge is 0.410 e. The normalized spacial score (nSPS) is 21.1. The second-order valence-corrected chi connectivity index (χ2v) is 7.54. The molecule has 4 rings (SSSR count). The lowest BCUT2D eigenvalue weighted by Crippen LogP contribution is -2.51. The van der Waals surface area contributed by atoms with Crippen LogP contribution in [-0.4, -0.2) is 35.2 Å². The molecule has 2 aromatic rings. The van der Waals surface area contributed by atoms with Crippen molar-refractivity contribution in [2.75, 3.05) is 7.11 Å². The first-order valence-corrected chi connectivity index (χ1v) is 9.86. The third-order valence-electron chi connectivity index (χ3n) is 5.69. The van der Waals surface area contributed by atoms with Gasteiger partial charge in [-0.1, -0.05) is 36.4 Å². The van der Waals surface area contributed by atoms with Crippen LogP contribution in [0.1, 0.15) is 42.4 Å². The van der Waals surface area contributed by atoms with E-state index in [1.54, 1.807) is 7.11 Å². The molecular formula is C23H26N2O3. The summed E-state index contributed by atoms with van der Waals surface area (Å²) in [6.45, 7) is 2.39. The number of hydrogen-bond acceptors (Lipinski definition) is 4. The monoisotopic (exact) mass is 378 g/mol. The van der Waals surface area contributed by atoms with Gasteiger partial charge in [0, 0.05) is 18.3 Å². The molecule has 0 spiro atoms. The van der Waals surface area contributed by atoms with Gasteiger partial charge >= 0.3 is 6.09 Å². The number of aryl methyl sites for hydroxylation is 1. The number of ether oxygens (including phenoxy) is 2. The molecule has 3 heterocycles. The van der Waals surface area contributed by atoms with Crippen molar-refractivity contribution in [3.05, 3.63) is 65.4 Å². The Bertz CT molecular complexity index is 879. The van der Waals surface area contributed by atoms with E-state index in [9.17, 15) is 4.79 Å². The summed E-state index contributed by atoms with van der Waals surface area (Å²) in [5, 5.41) is 0. The second-order valence-electron chi connectivity index (χ2n) is 7.54. The van der Waals surface area contributed by atoms with Crippen molar-refractivity contribution in [2.45, 2.75) is 51.3 Å². The summed E-state index contributed by atoms with van der Waals surface area (Å²) in [6.07, 6.45) is 7.88. The topological polar surface area (TPSA) is 51.7 Å². The fourth-order valence-corrected chi connectivity index (χ4v) is 4.29. The van der Waals surface area contributed by atoms with Crippen molar-refractivity contribution >= 4 is 11.7 Å². The molecule has 1 aromatic carbocycles. The van der Waals surface area contributed by atoms with Crippen LogP contribution in [-0.2, 0) is 11.3 Å². The van der Waals surface area contributed by atoms with Crippen molar-refractivity contribution in [1.82, 2.24) is 9.88 Å². The van der Waals surface area contributed by atoms with Gasteiger partial charge in [0.15, 0.2) is 0 Å². The molecule has 146 valence electrons. The van der Waals surface area contributed by atoms with E-state index >= 15 is 0 Å². The van der Waals surface area contributed by atoms with Crippen molar-refractivity contribution in [2.24, 2.45) is 0 Å². The van der Waals surface area contributed by atoms with Crippen molar-refractivity contribution in [3.8, 4) is 5.88 Å². The first-order valence-electron chi connectivity index (χ1n) is 9.86. The molecule has 2 bridgehead atoms. The van der Waals surface area contributed by atoms with E-state index in [4.69, 9.17) is 9.47 Å². The van der Waals surface area contributed by atoms with E-state index < -0.39 is 0 Å². The molecule has 2 aliphatic rings. The van der Waals surface area contributed by atoms with Crippen molar-refractivity contribution < 1.29 is 14.3 Å². The maximum absolute atomic E-state index is 12.8. The summed E-state index contributed by atoms with van der Waals surface area (Å²) in [6, 6.07) is 12.1. The number of aromatic nitrogens is 1. The van der Waals surface area contributed by atoms with E-state index in [2.05, 4.69) is 18.0 Å². The minimum Gasteiger partial charge on any atom is -0.481 e. The lowest BCUT2D eigenvalue weighted by molar-refractivity contribution is 0.0510. The maximum Gasteiger partial charge on any atom is 0.410 e. The molecule has 1 amide bonds. The lowest BCUT2D eigenvalue weighted by atomic mass is 9.82. The Kier molecular flexibility index (Phi) is 5.33. The highest BCUT2D eigenvalue weighted by Crippen LogP contribution is 2.38. The van der Waals surface area contributed by atoms with E-state index in [1.807, 2.05) is 47.5 Å². The fraction of sp³-hybridized carbons (Fsp3) is 0.391. The number of methoxy groups -OCH3 is 1. The molecule has 0 saturated carbocycles. The summed E-state index contributed by atoms with van der Waals surface area (Å²) < 4.78 is 10.9. The molecule has 2 atom stereocenters. The SMILES string of the molecule is COc1cc(C)c(C2=CC3CCCC(C2)N3C(=O)OCc2ccccc2)cn1. The number of nitrogens with zero attached hydrogens (tertiary/aromatic N) is 2. The Morgan fingerprint density at radius 3 is 2.79 bits per heavy atom. The number of hydrogen-bond donors (Lipinski definition) is 0. The van der Waals surface area contributed by atoms with Gasteiger partial charge in [-0.2, -0.15) is 0 Å². The molecule has 5 nitrogen and oxygen atoms in total. The van der Waals surface area contributed by atoms with Crippen molar-refractivity contribution in [3.63, 3.8) is 0 Å². The second kappa shape index (κ2) is 8.05. The number of benzene rings is 1. The average molecular weight is 378 g/mol. The van der Waals surface area contributed by atoms with Crippen LogP contribution in [0.5, 0.6) is 5.88 Å². The third-order valence-corrected chi connectivity index (χ3v) is 5.69. The summed E-state index contributed by atoms with van der Waals surface area (Å²) in [4.78, 5) is 19.1. The van der Waals surface area contributed by atoms with Crippen molar-refractivity contribution in [1.29, 1.82) is 0 Å². The van der Waals surface area contributed by atoms with Gasteiger partial charge in [-0.15, -0.1) is 0 Å². The van der Waals surface area contributed by atoms with Gasteiger partial charge in [0.2, 0.25) is 5.88 Å². The predicted octanol–water partition coefficient (Wildman–Crippen LogP) is 4.75. The van der Waals surface area contributed by atoms with Crippen LogP contribution in [0, 0.1) is 6.92 Å². The van der Waals surface area contributed by atoms with E-state index in [0.29, 0.717) is 12.5 Å². The molecule has 5 heteroatoms. The first kappa shape index (κ1) is 18.5. The average Bonchev–Trinajstić information content (AvgIpc) is 2.71. The van der Waals surface area contributed by atoms with Crippen LogP contribution in [0.15, 0.2) is 48.7 Å². The molecule has 0 N–H and O–H groups in total. The van der Waals surface area contributed by atoms with E-state index in [-0.39, 0.29) is 18.2 Å². The Balaban J connectivity index is 1.52. The van der Waals surface area contributed by atoms with Gasteiger partial charge in [-0.05, 0) is 54.9 Å². The van der Waals surface area contributed by atoms with Gasteiger partial charge in [0.25, 0.3) is 0 Å². The Hall–Kier alpha value is -2.82. The highest BCUT2D eigenvalue weighted by Gasteiger charge is 2.38. The molecule has 1 fully saturated rings. The maximum atomic E-state index is 12.8. The number of amides is 1. The van der Waals surface area contributed by atoms with Crippen LogP contribution in [0.3, 0.4) is 0 Å². The molecule has 1 aromatic heterocycles. The first-order chi connectivity index (χ1) is 13.7. The minimum absolute atomic E-state index is 0.0901. The van der Waals surface area contributed by atoms with Crippen LogP contribution in [0.2, 0.25) is 0 Å². The number of pyridine rings is 1.